The minimum Gasteiger partial charge on any atom is -0.312 e. The smallest absolute Gasteiger partial charge is 0.230 e. The van der Waals surface area contributed by atoms with Gasteiger partial charge < -0.3 is 10.2 Å². The van der Waals surface area contributed by atoms with Crippen LogP contribution in [0.3, 0.4) is 0 Å². The Morgan fingerprint density at radius 2 is 2.00 bits per heavy atom. The first-order valence-corrected chi connectivity index (χ1v) is 7.70. The van der Waals surface area contributed by atoms with Gasteiger partial charge in [0.2, 0.25) is 11.8 Å². The van der Waals surface area contributed by atoms with Crippen LogP contribution in [0.5, 0.6) is 0 Å². The zero-order valence-electron chi connectivity index (χ0n) is 11.7. The van der Waals surface area contributed by atoms with Gasteiger partial charge in [0, 0.05) is 29.3 Å². The van der Waals surface area contributed by atoms with E-state index in [2.05, 4.69) is 26.2 Å². The molecule has 1 aromatic heterocycles. The molecule has 0 spiro atoms. The van der Waals surface area contributed by atoms with Gasteiger partial charge in [0.25, 0.3) is 0 Å². The number of carbonyl (C=O) groups is 2. The maximum absolute atomic E-state index is 12.3. The molecule has 6 heteroatoms. The van der Waals surface area contributed by atoms with Crippen LogP contribution in [0, 0.1) is 5.92 Å². The Bertz CT molecular complexity index is 688. The topological polar surface area (TPSA) is 62.3 Å². The molecule has 1 fully saturated rings. The predicted molar refractivity (Wildman–Crippen MR) is 87.5 cm³/mol. The van der Waals surface area contributed by atoms with E-state index in [-0.39, 0.29) is 24.2 Å². The van der Waals surface area contributed by atoms with Gasteiger partial charge in [-0.25, -0.2) is 4.98 Å². The summed E-state index contributed by atoms with van der Waals surface area (Å²) in [4.78, 5) is 30.1. The number of hydrogen-bond donors (Lipinski definition) is 1. The third-order valence-electron chi connectivity index (χ3n) is 3.55. The number of benzene rings is 1. The maximum Gasteiger partial charge on any atom is 0.230 e. The molecular formula is C16H14BrN3O2. The second kappa shape index (κ2) is 6.27. The number of nitrogens with one attached hydrogen (secondary N) is 1. The van der Waals surface area contributed by atoms with Crippen molar-refractivity contribution in [2.75, 3.05) is 16.8 Å². The van der Waals surface area contributed by atoms with Gasteiger partial charge in [-0.2, -0.15) is 0 Å². The number of nitrogens with zero attached hydrogens (tertiary/aromatic N) is 2. The van der Waals surface area contributed by atoms with E-state index in [1.54, 1.807) is 29.3 Å². The van der Waals surface area contributed by atoms with E-state index in [4.69, 9.17) is 0 Å². The summed E-state index contributed by atoms with van der Waals surface area (Å²) in [5.41, 5.74) is 0.807. The van der Waals surface area contributed by atoms with Gasteiger partial charge in [-0.1, -0.05) is 22.0 Å². The van der Waals surface area contributed by atoms with Crippen LogP contribution in [0.1, 0.15) is 6.42 Å². The Morgan fingerprint density at radius 3 is 2.68 bits per heavy atom. The monoisotopic (exact) mass is 359 g/mol. The summed E-state index contributed by atoms with van der Waals surface area (Å²) in [5.74, 6) is -0.0738. The van der Waals surface area contributed by atoms with E-state index in [0.29, 0.717) is 12.4 Å². The number of rotatable bonds is 3. The van der Waals surface area contributed by atoms with E-state index >= 15 is 0 Å². The minimum absolute atomic E-state index is 0.0384. The van der Waals surface area contributed by atoms with Crippen molar-refractivity contribution < 1.29 is 9.59 Å². The average Bonchev–Trinajstić information content (AvgIpc) is 2.91. The predicted octanol–water partition coefficient (Wildman–Crippen LogP) is 2.84. The highest BCUT2D eigenvalue weighted by atomic mass is 79.9. The molecule has 2 aromatic rings. The Hall–Kier alpha value is -2.21. The summed E-state index contributed by atoms with van der Waals surface area (Å²) >= 11 is 3.37. The second-order valence-electron chi connectivity index (χ2n) is 5.09. The highest BCUT2D eigenvalue weighted by Gasteiger charge is 2.35. The van der Waals surface area contributed by atoms with Gasteiger partial charge in [-0.3, -0.25) is 9.59 Å². The first-order chi connectivity index (χ1) is 10.6. The van der Waals surface area contributed by atoms with Crippen LogP contribution in [0.25, 0.3) is 0 Å². The lowest BCUT2D eigenvalue weighted by atomic mass is 10.1. The van der Waals surface area contributed by atoms with Gasteiger partial charge in [-0.05, 0) is 36.4 Å². The molecule has 2 amide bonds. The highest BCUT2D eigenvalue weighted by molar-refractivity contribution is 9.10. The third-order valence-corrected chi connectivity index (χ3v) is 4.08. The normalized spacial score (nSPS) is 17.6. The van der Waals surface area contributed by atoms with E-state index in [0.717, 1.165) is 10.2 Å². The molecule has 2 heterocycles. The Kier molecular flexibility index (Phi) is 4.20. The van der Waals surface area contributed by atoms with Crippen LogP contribution in [0.4, 0.5) is 11.5 Å². The summed E-state index contributed by atoms with van der Waals surface area (Å²) in [6.07, 6.45) is 1.83. The summed E-state index contributed by atoms with van der Waals surface area (Å²) in [6, 6.07) is 12.8. The van der Waals surface area contributed by atoms with Crippen LogP contribution in [-0.4, -0.2) is 23.3 Å². The van der Waals surface area contributed by atoms with Gasteiger partial charge >= 0.3 is 0 Å². The quantitative estimate of drug-likeness (QED) is 0.916. The Morgan fingerprint density at radius 1 is 1.23 bits per heavy atom. The molecule has 0 radical (unpaired) electrons. The molecule has 1 unspecified atom stereocenters. The number of amides is 2. The fourth-order valence-electron chi connectivity index (χ4n) is 2.42. The fraction of sp³-hybridized carbons (Fsp3) is 0.188. The molecule has 0 bridgehead atoms. The molecule has 1 atom stereocenters. The van der Waals surface area contributed by atoms with Gasteiger partial charge in [0.15, 0.2) is 0 Å². The van der Waals surface area contributed by atoms with E-state index in [1.807, 2.05) is 24.3 Å². The SMILES string of the molecule is O=C(Nc1ccccn1)C1CC(=O)N(c2ccc(Br)cc2)C1. The van der Waals surface area contributed by atoms with Crippen molar-refractivity contribution in [2.45, 2.75) is 6.42 Å². The van der Waals surface area contributed by atoms with E-state index in [1.165, 1.54) is 0 Å². The van der Waals surface area contributed by atoms with Gasteiger partial charge in [0.05, 0.1) is 5.92 Å². The standard InChI is InChI=1S/C16H14BrN3O2/c17-12-4-6-13(7-5-12)20-10-11(9-15(20)21)16(22)19-14-3-1-2-8-18-14/h1-8,11H,9-10H2,(H,18,19,22). The lowest BCUT2D eigenvalue weighted by Crippen LogP contribution is -2.28. The Labute approximate surface area is 136 Å². The van der Waals surface area contributed by atoms with E-state index < -0.39 is 0 Å². The van der Waals surface area contributed by atoms with E-state index in [9.17, 15) is 9.59 Å². The zero-order chi connectivity index (χ0) is 15.5. The zero-order valence-corrected chi connectivity index (χ0v) is 13.3. The van der Waals surface area contributed by atoms with Crippen molar-refractivity contribution in [3.8, 4) is 0 Å². The first-order valence-electron chi connectivity index (χ1n) is 6.91. The minimum atomic E-state index is -0.363. The summed E-state index contributed by atoms with van der Waals surface area (Å²) < 4.78 is 0.951. The summed E-state index contributed by atoms with van der Waals surface area (Å²) in [7, 11) is 0. The molecule has 3 rings (SSSR count). The van der Waals surface area contributed by atoms with Crippen molar-refractivity contribution >= 4 is 39.2 Å². The van der Waals surface area contributed by atoms with Crippen LogP contribution < -0.4 is 10.2 Å². The van der Waals surface area contributed by atoms with Crippen molar-refractivity contribution in [3.05, 3.63) is 53.1 Å². The van der Waals surface area contributed by atoms with Gasteiger partial charge in [0.1, 0.15) is 5.82 Å². The molecule has 1 aliphatic rings. The molecular weight excluding hydrogens is 346 g/mol. The van der Waals surface area contributed by atoms with Crippen LogP contribution in [0.15, 0.2) is 53.1 Å². The lowest BCUT2D eigenvalue weighted by Gasteiger charge is -2.16. The number of anilines is 2. The number of hydrogen-bond acceptors (Lipinski definition) is 3. The summed E-state index contributed by atoms with van der Waals surface area (Å²) in [6.45, 7) is 0.388. The molecule has 1 aromatic carbocycles. The largest absolute Gasteiger partial charge is 0.312 e. The highest BCUT2D eigenvalue weighted by Crippen LogP contribution is 2.27. The molecule has 0 saturated carbocycles. The molecule has 5 nitrogen and oxygen atoms in total. The molecule has 1 N–H and O–H groups in total. The lowest BCUT2D eigenvalue weighted by molar-refractivity contribution is -0.122. The molecule has 1 saturated heterocycles. The van der Waals surface area contributed by atoms with Crippen LogP contribution in [-0.2, 0) is 9.59 Å². The fourth-order valence-corrected chi connectivity index (χ4v) is 2.68. The number of aromatic nitrogens is 1. The number of pyridine rings is 1. The molecule has 22 heavy (non-hydrogen) atoms. The van der Waals surface area contributed by atoms with Crippen LogP contribution in [0.2, 0.25) is 0 Å². The van der Waals surface area contributed by atoms with Gasteiger partial charge in [-0.15, -0.1) is 0 Å². The first kappa shape index (κ1) is 14.7. The second-order valence-corrected chi connectivity index (χ2v) is 6.00. The average molecular weight is 360 g/mol. The Balaban J connectivity index is 1.69. The molecule has 112 valence electrons. The molecule has 0 aliphatic carbocycles. The van der Waals surface area contributed by atoms with Crippen molar-refractivity contribution in [2.24, 2.45) is 5.92 Å². The number of carbonyl (C=O) groups excluding carboxylic acids is 2. The summed E-state index contributed by atoms with van der Waals surface area (Å²) in [5, 5.41) is 2.75. The van der Waals surface area contributed by atoms with Crippen molar-refractivity contribution in [1.29, 1.82) is 0 Å². The van der Waals surface area contributed by atoms with Crippen LogP contribution >= 0.6 is 15.9 Å². The molecule has 1 aliphatic heterocycles. The van der Waals surface area contributed by atoms with Crippen molar-refractivity contribution in [1.82, 2.24) is 4.98 Å². The third kappa shape index (κ3) is 3.17. The number of halogens is 1. The van der Waals surface area contributed by atoms with Crippen molar-refractivity contribution in [3.63, 3.8) is 0 Å². The maximum atomic E-state index is 12.3.